The maximum absolute atomic E-state index is 12.3. The minimum atomic E-state index is -3.00. The summed E-state index contributed by atoms with van der Waals surface area (Å²) in [4.78, 5) is 17.6. The molecule has 0 radical (unpaired) electrons. The van der Waals surface area contributed by atoms with Crippen molar-refractivity contribution in [3.63, 3.8) is 0 Å². The smallest absolute Gasteiger partial charge is 0.271 e. The van der Waals surface area contributed by atoms with Crippen LogP contribution in [0.3, 0.4) is 0 Å². The molecule has 7 heteroatoms. The average Bonchev–Trinajstić information content (AvgIpc) is 3.02. The molecule has 116 valence electrons. The number of aromatic nitrogens is 1. The minimum Gasteiger partial charge on any atom is -0.347 e. The van der Waals surface area contributed by atoms with Gasteiger partial charge in [0.1, 0.15) is 10.7 Å². The van der Waals surface area contributed by atoms with Gasteiger partial charge in [-0.1, -0.05) is 30.3 Å². The standard InChI is InChI=1S/C15H16N2O3S2/c1-10-13(14(18)16-12-7-8-22(19,20)9-12)17-15(21-10)11-5-3-2-4-6-11/h2-6,12H,7-9H2,1H3,(H,16,18). The number of sulfone groups is 1. The molecule has 22 heavy (non-hydrogen) atoms. The lowest BCUT2D eigenvalue weighted by molar-refractivity contribution is 0.0936. The molecule has 1 N–H and O–H groups in total. The molecule has 0 spiro atoms. The third-order valence-corrected chi connectivity index (χ3v) is 6.39. The van der Waals surface area contributed by atoms with Gasteiger partial charge in [0.2, 0.25) is 0 Å². The zero-order chi connectivity index (χ0) is 15.7. The molecular weight excluding hydrogens is 320 g/mol. The van der Waals surface area contributed by atoms with Gasteiger partial charge in [0.05, 0.1) is 11.5 Å². The van der Waals surface area contributed by atoms with Gasteiger partial charge >= 0.3 is 0 Å². The van der Waals surface area contributed by atoms with Crippen molar-refractivity contribution in [2.45, 2.75) is 19.4 Å². The monoisotopic (exact) mass is 336 g/mol. The molecule has 3 rings (SSSR count). The molecule has 0 aliphatic carbocycles. The molecule has 0 bridgehead atoms. The van der Waals surface area contributed by atoms with E-state index < -0.39 is 9.84 Å². The van der Waals surface area contributed by atoms with E-state index >= 15 is 0 Å². The van der Waals surface area contributed by atoms with E-state index in [1.54, 1.807) is 0 Å². The Labute approximate surface area is 133 Å². The van der Waals surface area contributed by atoms with Gasteiger partial charge in [-0.15, -0.1) is 11.3 Å². The van der Waals surface area contributed by atoms with Crippen molar-refractivity contribution in [3.8, 4) is 10.6 Å². The van der Waals surface area contributed by atoms with Crippen LogP contribution in [0.4, 0.5) is 0 Å². The molecular formula is C15H16N2O3S2. The lowest BCUT2D eigenvalue weighted by Gasteiger charge is -2.09. The highest BCUT2D eigenvalue weighted by Gasteiger charge is 2.30. The predicted octanol–water partition coefficient (Wildman–Crippen LogP) is 2.04. The zero-order valence-electron chi connectivity index (χ0n) is 12.1. The van der Waals surface area contributed by atoms with Gasteiger partial charge in [0.25, 0.3) is 5.91 Å². The van der Waals surface area contributed by atoms with Gasteiger partial charge in [-0.2, -0.15) is 0 Å². The molecule has 1 fully saturated rings. The second-order valence-corrected chi connectivity index (χ2v) is 8.80. The number of rotatable bonds is 3. The Bertz CT molecular complexity index is 797. The van der Waals surface area contributed by atoms with Gasteiger partial charge in [0, 0.05) is 16.5 Å². The van der Waals surface area contributed by atoms with E-state index in [0.29, 0.717) is 12.1 Å². The number of thiazole rings is 1. The molecule has 1 unspecified atom stereocenters. The van der Waals surface area contributed by atoms with Gasteiger partial charge < -0.3 is 5.32 Å². The van der Waals surface area contributed by atoms with Crippen molar-refractivity contribution in [2.24, 2.45) is 0 Å². The summed E-state index contributed by atoms with van der Waals surface area (Å²) < 4.78 is 22.9. The highest BCUT2D eigenvalue weighted by molar-refractivity contribution is 7.91. The Balaban J connectivity index is 1.78. The fourth-order valence-electron chi connectivity index (χ4n) is 2.47. The fourth-order valence-corrected chi connectivity index (χ4v) is 5.06. The summed E-state index contributed by atoms with van der Waals surface area (Å²) >= 11 is 1.46. The number of hydrogen-bond acceptors (Lipinski definition) is 5. The Morgan fingerprint density at radius 1 is 1.32 bits per heavy atom. The molecule has 1 aromatic carbocycles. The normalized spacial score (nSPS) is 20.0. The Kier molecular flexibility index (Phi) is 4.01. The van der Waals surface area contributed by atoms with E-state index in [1.807, 2.05) is 37.3 Å². The zero-order valence-corrected chi connectivity index (χ0v) is 13.7. The summed E-state index contributed by atoms with van der Waals surface area (Å²) in [6, 6.07) is 9.37. The number of carbonyl (C=O) groups is 1. The number of hydrogen-bond donors (Lipinski definition) is 1. The van der Waals surface area contributed by atoms with Crippen molar-refractivity contribution < 1.29 is 13.2 Å². The van der Waals surface area contributed by atoms with Crippen LogP contribution in [-0.2, 0) is 9.84 Å². The molecule has 1 aliphatic heterocycles. The van der Waals surface area contributed by atoms with Gasteiger partial charge in [-0.05, 0) is 13.3 Å². The van der Waals surface area contributed by atoms with Crippen molar-refractivity contribution >= 4 is 27.1 Å². The first-order valence-electron chi connectivity index (χ1n) is 6.99. The Morgan fingerprint density at radius 2 is 2.05 bits per heavy atom. The Morgan fingerprint density at radius 3 is 2.68 bits per heavy atom. The molecule has 0 saturated carbocycles. The molecule has 2 heterocycles. The van der Waals surface area contributed by atoms with E-state index in [1.165, 1.54) is 11.3 Å². The summed E-state index contributed by atoms with van der Waals surface area (Å²) in [5.41, 5.74) is 1.35. The van der Waals surface area contributed by atoms with Crippen LogP contribution in [0.2, 0.25) is 0 Å². The lowest BCUT2D eigenvalue weighted by Crippen LogP contribution is -2.36. The topological polar surface area (TPSA) is 76.1 Å². The molecule has 1 atom stereocenters. The molecule has 1 amide bonds. The molecule has 1 saturated heterocycles. The SMILES string of the molecule is Cc1sc(-c2ccccc2)nc1C(=O)NC1CCS(=O)(=O)C1. The Hall–Kier alpha value is -1.73. The third kappa shape index (κ3) is 3.20. The van der Waals surface area contributed by atoms with E-state index in [9.17, 15) is 13.2 Å². The van der Waals surface area contributed by atoms with Gasteiger partial charge in [-0.25, -0.2) is 13.4 Å². The summed E-state index contributed by atoms with van der Waals surface area (Å²) in [7, 11) is -3.00. The van der Waals surface area contributed by atoms with E-state index in [4.69, 9.17) is 0 Å². The van der Waals surface area contributed by atoms with E-state index in [-0.39, 0.29) is 23.5 Å². The van der Waals surface area contributed by atoms with Crippen LogP contribution in [0.15, 0.2) is 30.3 Å². The lowest BCUT2D eigenvalue weighted by atomic mass is 10.2. The summed E-state index contributed by atoms with van der Waals surface area (Å²) in [6.07, 6.45) is 0.475. The number of nitrogens with zero attached hydrogens (tertiary/aromatic N) is 1. The van der Waals surface area contributed by atoms with Crippen LogP contribution in [-0.4, -0.2) is 36.9 Å². The highest BCUT2D eigenvalue weighted by atomic mass is 32.2. The number of benzene rings is 1. The maximum Gasteiger partial charge on any atom is 0.271 e. The van der Waals surface area contributed by atoms with Crippen LogP contribution in [0.25, 0.3) is 10.6 Å². The number of aryl methyl sites for hydroxylation is 1. The van der Waals surface area contributed by atoms with Crippen molar-refractivity contribution in [3.05, 3.63) is 40.9 Å². The average molecular weight is 336 g/mol. The molecule has 1 aromatic heterocycles. The third-order valence-electron chi connectivity index (χ3n) is 3.60. The largest absolute Gasteiger partial charge is 0.347 e. The van der Waals surface area contributed by atoms with Crippen molar-refractivity contribution in [2.75, 3.05) is 11.5 Å². The van der Waals surface area contributed by atoms with Crippen molar-refractivity contribution in [1.29, 1.82) is 0 Å². The maximum atomic E-state index is 12.3. The van der Waals surface area contributed by atoms with Crippen LogP contribution in [0.1, 0.15) is 21.8 Å². The highest BCUT2D eigenvalue weighted by Crippen LogP contribution is 2.27. The second-order valence-electron chi connectivity index (χ2n) is 5.36. The number of nitrogens with one attached hydrogen (secondary N) is 1. The number of amides is 1. The summed E-state index contributed by atoms with van der Waals surface area (Å²) in [5.74, 6) is -0.130. The molecule has 2 aromatic rings. The fraction of sp³-hybridized carbons (Fsp3) is 0.333. The quantitative estimate of drug-likeness (QED) is 0.930. The molecule has 1 aliphatic rings. The summed E-state index contributed by atoms with van der Waals surface area (Å²) in [6.45, 7) is 1.85. The second kappa shape index (κ2) is 5.81. The van der Waals surface area contributed by atoms with Gasteiger partial charge in [-0.3, -0.25) is 4.79 Å². The minimum absolute atomic E-state index is 0.0213. The first-order chi connectivity index (χ1) is 10.4. The van der Waals surface area contributed by atoms with Crippen LogP contribution in [0, 0.1) is 6.92 Å². The number of carbonyl (C=O) groups excluding carboxylic acids is 1. The first kappa shape index (κ1) is 15.2. The van der Waals surface area contributed by atoms with E-state index in [2.05, 4.69) is 10.3 Å². The summed E-state index contributed by atoms with van der Waals surface area (Å²) in [5, 5.41) is 3.58. The van der Waals surface area contributed by atoms with Crippen LogP contribution in [0.5, 0.6) is 0 Å². The molecule has 5 nitrogen and oxygen atoms in total. The van der Waals surface area contributed by atoms with Crippen molar-refractivity contribution in [1.82, 2.24) is 10.3 Å². The predicted molar refractivity (Wildman–Crippen MR) is 86.8 cm³/mol. The van der Waals surface area contributed by atoms with E-state index in [0.717, 1.165) is 15.4 Å². The van der Waals surface area contributed by atoms with Gasteiger partial charge in [0.15, 0.2) is 9.84 Å². The van der Waals surface area contributed by atoms with Crippen LogP contribution < -0.4 is 5.32 Å². The first-order valence-corrected chi connectivity index (χ1v) is 9.62. The van der Waals surface area contributed by atoms with Crippen LogP contribution >= 0.6 is 11.3 Å².